The molecule has 1 saturated carbocycles. The van der Waals surface area contributed by atoms with E-state index in [-0.39, 0.29) is 17.2 Å². The van der Waals surface area contributed by atoms with Gasteiger partial charge in [-0.05, 0) is 51.7 Å². The molecule has 30 heavy (non-hydrogen) atoms. The van der Waals surface area contributed by atoms with Crippen molar-refractivity contribution in [2.45, 2.75) is 51.2 Å². The number of nitrogens with zero attached hydrogens (tertiary/aromatic N) is 3. The lowest BCUT2D eigenvalue weighted by Crippen LogP contribution is -2.28. The predicted molar refractivity (Wildman–Crippen MR) is 113 cm³/mol. The smallest absolute Gasteiger partial charge is 0.263 e. The third kappa shape index (κ3) is 4.23. The molecule has 8 nitrogen and oxygen atoms in total. The lowest BCUT2D eigenvalue weighted by atomic mass is 10.0. The minimum Gasteiger partial charge on any atom is -0.494 e. The highest BCUT2D eigenvalue weighted by Gasteiger charge is 2.26. The lowest BCUT2D eigenvalue weighted by Gasteiger charge is -2.15. The second kappa shape index (κ2) is 7.60. The molecular weight excluding hydrogens is 384 g/mol. The number of nitrogens with one attached hydrogen (secondary N) is 1. The molecule has 1 fully saturated rings. The topological polar surface area (TPSA) is 97.9 Å². The van der Waals surface area contributed by atoms with Crippen molar-refractivity contribution in [3.05, 3.63) is 58.4 Å². The molecule has 0 saturated heterocycles. The van der Waals surface area contributed by atoms with Gasteiger partial charge in [0, 0.05) is 30.7 Å². The summed E-state index contributed by atoms with van der Waals surface area (Å²) in [5.74, 6) is -0.0241. The molecule has 1 amide bonds. The van der Waals surface area contributed by atoms with Crippen molar-refractivity contribution in [2.24, 2.45) is 0 Å². The van der Waals surface area contributed by atoms with Gasteiger partial charge in [-0.15, -0.1) is 0 Å². The summed E-state index contributed by atoms with van der Waals surface area (Å²) in [7, 11) is 1.52. The van der Waals surface area contributed by atoms with E-state index in [0.29, 0.717) is 29.9 Å². The van der Waals surface area contributed by atoms with Crippen LogP contribution >= 0.6 is 0 Å². The molecule has 3 aromatic rings. The Morgan fingerprint density at radius 3 is 2.80 bits per heavy atom. The Labute approximate surface area is 174 Å². The molecule has 0 aromatic carbocycles. The zero-order chi connectivity index (χ0) is 21.5. The number of fused-ring (bicyclic) bond motifs is 1. The van der Waals surface area contributed by atoms with Gasteiger partial charge in [-0.1, -0.05) is 0 Å². The molecule has 3 aromatic heterocycles. The van der Waals surface area contributed by atoms with Crippen LogP contribution in [0.25, 0.3) is 5.65 Å². The third-order valence-electron chi connectivity index (χ3n) is 5.23. The van der Waals surface area contributed by atoms with Crippen LogP contribution in [-0.2, 0) is 6.42 Å². The predicted octanol–water partition coefficient (Wildman–Crippen LogP) is 2.80. The zero-order valence-electron chi connectivity index (χ0n) is 17.4. The molecule has 158 valence electrons. The van der Waals surface area contributed by atoms with Gasteiger partial charge < -0.3 is 24.1 Å². The van der Waals surface area contributed by atoms with Crippen LogP contribution in [0.15, 0.2) is 41.6 Å². The molecule has 3 heterocycles. The molecule has 8 heteroatoms. The number of hydrogen-bond acceptors (Lipinski definition) is 5. The van der Waals surface area contributed by atoms with Gasteiger partial charge in [0.15, 0.2) is 0 Å². The number of ether oxygens (including phenoxy) is 1. The van der Waals surface area contributed by atoms with E-state index in [1.807, 2.05) is 6.20 Å². The number of carbonyl (C=O) groups excluding carboxylic acids is 1. The van der Waals surface area contributed by atoms with E-state index < -0.39 is 11.5 Å². The van der Waals surface area contributed by atoms with E-state index in [9.17, 15) is 14.7 Å². The first-order valence-corrected chi connectivity index (χ1v) is 10.1. The number of amides is 1. The quantitative estimate of drug-likeness (QED) is 0.624. The summed E-state index contributed by atoms with van der Waals surface area (Å²) in [6, 6.07) is 5.19. The highest BCUT2D eigenvalue weighted by atomic mass is 16.5. The van der Waals surface area contributed by atoms with Crippen molar-refractivity contribution in [1.29, 1.82) is 0 Å². The Balaban J connectivity index is 1.61. The van der Waals surface area contributed by atoms with Gasteiger partial charge in [0.05, 0.1) is 18.4 Å². The second-order valence-electron chi connectivity index (χ2n) is 8.39. The van der Waals surface area contributed by atoms with E-state index in [2.05, 4.69) is 10.3 Å². The number of aromatic nitrogens is 3. The number of anilines is 1. The first kappa shape index (κ1) is 20.2. The average Bonchev–Trinajstić information content (AvgIpc) is 3.45. The summed E-state index contributed by atoms with van der Waals surface area (Å²) in [5, 5.41) is 12.7. The van der Waals surface area contributed by atoms with Gasteiger partial charge >= 0.3 is 0 Å². The highest BCUT2D eigenvalue weighted by Crippen LogP contribution is 2.33. The minimum atomic E-state index is -0.768. The summed E-state index contributed by atoms with van der Waals surface area (Å²) >= 11 is 0. The van der Waals surface area contributed by atoms with Crippen LogP contribution in [-0.4, -0.2) is 37.7 Å². The fraction of sp³-hybridized carbons (Fsp3) is 0.409. The van der Waals surface area contributed by atoms with Crippen molar-refractivity contribution in [1.82, 2.24) is 14.0 Å². The van der Waals surface area contributed by atoms with E-state index >= 15 is 0 Å². The van der Waals surface area contributed by atoms with Gasteiger partial charge in [-0.2, -0.15) is 0 Å². The second-order valence-corrected chi connectivity index (χ2v) is 8.39. The number of aliphatic hydroxyl groups is 1. The Morgan fingerprint density at radius 2 is 2.13 bits per heavy atom. The van der Waals surface area contributed by atoms with Crippen molar-refractivity contribution in [3.8, 4) is 5.75 Å². The first-order chi connectivity index (χ1) is 14.2. The van der Waals surface area contributed by atoms with Crippen LogP contribution in [0.2, 0.25) is 0 Å². The van der Waals surface area contributed by atoms with Crippen LogP contribution < -0.4 is 15.6 Å². The van der Waals surface area contributed by atoms with Crippen molar-refractivity contribution in [2.75, 3.05) is 12.4 Å². The Hall–Kier alpha value is -3.13. The summed E-state index contributed by atoms with van der Waals surface area (Å²) in [4.78, 5) is 30.0. The lowest BCUT2D eigenvalue weighted by molar-refractivity contribution is 0.0711. The molecule has 1 aliphatic rings. The van der Waals surface area contributed by atoms with Gasteiger partial charge in [0.25, 0.3) is 11.5 Å². The van der Waals surface area contributed by atoms with E-state index in [1.54, 1.807) is 47.3 Å². The standard InChI is InChI=1S/C22H26N4O4/c1-22(2,29)9-8-14-12-25-13-17(18(30-3)11-19(25)23-14)24-20(27)16-5-4-10-26(21(16)28)15-6-7-15/h4-5,10-13,15,29H,6-9H2,1-3H3,(H,24,27). The molecule has 0 bridgehead atoms. The molecule has 2 N–H and O–H groups in total. The number of methoxy groups -OCH3 is 1. The van der Waals surface area contributed by atoms with Crippen LogP contribution in [0.5, 0.6) is 5.75 Å². The molecule has 0 aliphatic heterocycles. The summed E-state index contributed by atoms with van der Waals surface area (Å²) < 4.78 is 8.85. The van der Waals surface area contributed by atoms with Crippen LogP contribution in [0, 0.1) is 0 Å². The maximum atomic E-state index is 12.8. The minimum absolute atomic E-state index is 0.100. The van der Waals surface area contributed by atoms with Crippen molar-refractivity contribution >= 4 is 17.2 Å². The summed E-state index contributed by atoms with van der Waals surface area (Å²) in [6.07, 6.45) is 8.44. The molecule has 0 atom stereocenters. The molecular formula is C22H26N4O4. The van der Waals surface area contributed by atoms with Crippen LogP contribution in [0.3, 0.4) is 0 Å². The van der Waals surface area contributed by atoms with Gasteiger partial charge in [0.1, 0.15) is 22.6 Å². The number of rotatable bonds is 7. The number of hydrogen-bond donors (Lipinski definition) is 2. The van der Waals surface area contributed by atoms with Crippen molar-refractivity contribution < 1.29 is 14.6 Å². The average molecular weight is 410 g/mol. The number of pyridine rings is 2. The fourth-order valence-electron chi connectivity index (χ4n) is 3.40. The monoisotopic (exact) mass is 410 g/mol. The largest absolute Gasteiger partial charge is 0.494 e. The third-order valence-corrected chi connectivity index (χ3v) is 5.23. The van der Waals surface area contributed by atoms with E-state index in [4.69, 9.17) is 4.74 Å². The van der Waals surface area contributed by atoms with Gasteiger partial charge in [0.2, 0.25) is 0 Å². The SMILES string of the molecule is COc1cc2nc(CCC(C)(C)O)cn2cc1NC(=O)c1cccn(C2CC2)c1=O. The zero-order valence-corrected chi connectivity index (χ0v) is 17.4. The summed E-state index contributed by atoms with van der Waals surface area (Å²) in [6.45, 7) is 3.53. The van der Waals surface area contributed by atoms with Crippen LogP contribution in [0.4, 0.5) is 5.69 Å². The number of aryl methyl sites for hydroxylation is 1. The normalized spacial score (nSPS) is 14.1. The maximum Gasteiger partial charge on any atom is 0.263 e. The molecule has 0 unspecified atom stereocenters. The van der Waals surface area contributed by atoms with E-state index in [0.717, 1.165) is 18.5 Å². The molecule has 0 radical (unpaired) electrons. The Morgan fingerprint density at radius 1 is 1.37 bits per heavy atom. The maximum absolute atomic E-state index is 12.8. The van der Waals surface area contributed by atoms with Gasteiger partial charge in [-0.3, -0.25) is 9.59 Å². The fourth-order valence-corrected chi connectivity index (χ4v) is 3.40. The molecule has 1 aliphatic carbocycles. The van der Waals surface area contributed by atoms with Gasteiger partial charge in [-0.25, -0.2) is 4.98 Å². The Bertz CT molecular complexity index is 1150. The molecule has 4 rings (SSSR count). The number of carbonyl (C=O) groups is 1. The Kier molecular flexibility index (Phi) is 5.11. The molecule has 0 spiro atoms. The summed E-state index contributed by atoms with van der Waals surface area (Å²) in [5.41, 5.74) is 1.000. The first-order valence-electron chi connectivity index (χ1n) is 10.1. The highest BCUT2D eigenvalue weighted by molar-refractivity contribution is 6.04. The van der Waals surface area contributed by atoms with E-state index in [1.165, 1.54) is 13.2 Å². The van der Waals surface area contributed by atoms with Crippen LogP contribution in [0.1, 0.15) is 55.2 Å². The van der Waals surface area contributed by atoms with Crippen molar-refractivity contribution in [3.63, 3.8) is 0 Å². The number of imidazole rings is 1.